The van der Waals surface area contributed by atoms with Gasteiger partial charge in [-0.15, -0.1) is 0 Å². The third-order valence-corrected chi connectivity index (χ3v) is 2.11. The summed E-state index contributed by atoms with van der Waals surface area (Å²) in [5.74, 6) is -0.953. The lowest BCUT2D eigenvalue weighted by molar-refractivity contribution is -0.386. The maximum atomic E-state index is 10.7. The summed E-state index contributed by atoms with van der Waals surface area (Å²) in [5.41, 5.74) is 1.06. The lowest BCUT2D eigenvalue weighted by Gasteiger charge is -2.03. The molecule has 0 fully saturated rings. The van der Waals surface area contributed by atoms with Gasteiger partial charge < -0.3 is 5.11 Å². The molecule has 1 aromatic rings. The van der Waals surface area contributed by atoms with Crippen LogP contribution in [-0.4, -0.2) is 16.0 Å². The SMILES string of the molecule is Cc1cccc(CCC(=O)O)c1[N+](=O)[O-]. The number of aliphatic carboxylic acids is 1. The molecule has 1 rings (SSSR count). The number of hydrogen-bond acceptors (Lipinski definition) is 3. The highest BCUT2D eigenvalue weighted by Crippen LogP contribution is 2.23. The monoisotopic (exact) mass is 209 g/mol. The van der Waals surface area contributed by atoms with Gasteiger partial charge in [0.1, 0.15) is 0 Å². The number of carboxylic acids is 1. The molecule has 0 heterocycles. The smallest absolute Gasteiger partial charge is 0.303 e. The van der Waals surface area contributed by atoms with E-state index in [2.05, 4.69) is 0 Å². The van der Waals surface area contributed by atoms with Gasteiger partial charge in [-0.1, -0.05) is 18.2 Å². The number of para-hydroxylation sites is 1. The van der Waals surface area contributed by atoms with E-state index in [1.807, 2.05) is 0 Å². The van der Waals surface area contributed by atoms with E-state index in [1.165, 1.54) is 0 Å². The summed E-state index contributed by atoms with van der Waals surface area (Å²) in [6, 6.07) is 4.93. The second-order valence-electron chi connectivity index (χ2n) is 3.23. The van der Waals surface area contributed by atoms with Crippen LogP contribution in [0.15, 0.2) is 18.2 Å². The Balaban J connectivity index is 3.01. The first-order chi connectivity index (χ1) is 7.02. The van der Waals surface area contributed by atoms with Crippen LogP contribution in [0.1, 0.15) is 17.5 Å². The number of benzene rings is 1. The van der Waals surface area contributed by atoms with Gasteiger partial charge in [0.2, 0.25) is 0 Å². The Hall–Kier alpha value is -1.91. The van der Waals surface area contributed by atoms with E-state index in [1.54, 1.807) is 25.1 Å². The quantitative estimate of drug-likeness (QED) is 0.606. The van der Waals surface area contributed by atoms with Crippen LogP contribution in [0.3, 0.4) is 0 Å². The Morgan fingerprint density at radius 3 is 2.73 bits per heavy atom. The van der Waals surface area contributed by atoms with Crippen molar-refractivity contribution in [3.8, 4) is 0 Å². The van der Waals surface area contributed by atoms with Crippen molar-refractivity contribution in [1.82, 2.24) is 0 Å². The topological polar surface area (TPSA) is 80.4 Å². The molecule has 5 heteroatoms. The molecule has 0 bridgehead atoms. The predicted octanol–water partition coefficient (Wildman–Crippen LogP) is 1.92. The number of nitro groups is 1. The molecule has 0 amide bonds. The van der Waals surface area contributed by atoms with Crippen LogP contribution in [0.5, 0.6) is 0 Å². The molecular weight excluding hydrogens is 198 g/mol. The van der Waals surface area contributed by atoms with Gasteiger partial charge in [-0.3, -0.25) is 14.9 Å². The molecule has 0 radical (unpaired) electrons. The second-order valence-corrected chi connectivity index (χ2v) is 3.23. The minimum atomic E-state index is -0.953. The van der Waals surface area contributed by atoms with Crippen molar-refractivity contribution in [3.63, 3.8) is 0 Å². The normalized spacial score (nSPS) is 9.93. The Morgan fingerprint density at radius 2 is 2.20 bits per heavy atom. The summed E-state index contributed by atoms with van der Waals surface area (Å²) in [4.78, 5) is 20.6. The Bertz CT molecular complexity index is 400. The lowest BCUT2D eigenvalue weighted by atomic mass is 10.0. The summed E-state index contributed by atoms with van der Waals surface area (Å²) in [6.07, 6.45) is 0.0949. The highest BCUT2D eigenvalue weighted by molar-refractivity contribution is 5.67. The fraction of sp³-hybridized carbons (Fsp3) is 0.300. The zero-order valence-corrected chi connectivity index (χ0v) is 8.27. The summed E-state index contributed by atoms with van der Waals surface area (Å²) in [6.45, 7) is 1.64. The van der Waals surface area contributed by atoms with Gasteiger partial charge in [-0.25, -0.2) is 0 Å². The molecule has 0 spiro atoms. The summed E-state index contributed by atoms with van der Waals surface area (Å²) in [7, 11) is 0. The zero-order valence-electron chi connectivity index (χ0n) is 8.27. The van der Waals surface area contributed by atoms with Gasteiger partial charge in [-0.2, -0.15) is 0 Å². The number of nitro benzene ring substituents is 1. The number of aryl methyl sites for hydroxylation is 2. The van der Waals surface area contributed by atoms with E-state index in [4.69, 9.17) is 5.11 Å². The highest BCUT2D eigenvalue weighted by atomic mass is 16.6. The summed E-state index contributed by atoms with van der Waals surface area (Å²) >= 11 is 0. The molecule has 0 unspecified atom stereocenters. The van der Waals surface area contributed by atoms with Crippen molar-refractivity contribution >= 4 is 11.7 Å². The fourth-order valence-electron chi connectivity index (χ4n) is 1.42. The molecule has 1 N–H and O–H groups in total. The van der Waals surface area contributed by atoms with Crippen molar-refractivity contribution in [2.45, 2.75) is 19.8 Å². The lowest BCUT2D eigenvalue weighted by Crippen LogP contribution is -2.02. The third-order valence-electron chi connectivity index (χ3n) is 2.11. The van der Waals surface area contributed by atoms with Gasteiger partial charge in [0.15, 0.2) is 0 Å². The first-order valence-corrected chi connectivity index (χ1v) is 4.47. The number of nitrogens with zero attached hydrogens (tertiary/aromatic N) is 1. The van der Waals surface area contributed by atoms with Gasteiger partial charge in [0, 0.05) is 17.5 Å². The number of carboxylic acid groups (broad SMARTS) is 1. The second kappa shape index (κ2) is 4.54. The molecule has 5 nitrogen and oxygen atoms in total. The minimum absolute atomic E-state index is 0.0266. The van der Waals surface area contributed by atoms with Crippen LogP contribution in [0, 0.1) is 17.0 Å². The van der Waals surface area contributed by atoms with Crippen molar-refractivity contribution in [1.29, 1.82) is 0 Å². The Morgan fingerprint density at radius 1 is 1.53 bits per heavy atom. The van der Waals surface area contributed by atoms with Crippen LogP contribution < -0.4 is 0 Å². The predicted molar refractivity (Wildman–Crippen MR) is 53.8 cm³/mol. The first-order valence-electron chi connectivity index (χ1n) is 4.47. The Kier molecular flexibility index (Phi) is 3.38. The van der Waals surface area contributed by atoms with Gasteiger partial charge in [0.05, 0.1) is 4.92 Å². The first kappa shape index (κ1) is 11.2. The minimum Gasteiger partial charge on any atom is -0.481 e. The van der Waals surface area contributed by atoms with Crippen molar-refractivity contribution in [2.75, 3.05) is 0 Å². The summed E-state index contributed by atoms with van der Waals surface area (Å²) < 4.78 is 0. The highest BCUT2D eigenvalue weighted by Gasteiger charge is 2.16. The maximum absolute atomic E-state index is 10.7. The summed E-state index contributed by atoms with van der Waals surface area (Å²) in [5, 5.41) is 19.2. The third kappa shape index (κ3) is 2.77. The Labute approximate surface area is 86.5 Å². The van der Waals surface area contributed by atoms with Crippen LogP contribution in [0.4, 0.5) is 5.69 Å². The van der Waals surface area contributed by atoms with Crippen molar-refractivity contribution < 1.29 is 14.8 Å². The molecule has 0 aliphatic rings. The van der Waals surface area contributed by atoms with E-state index < -0.39 is 10.9 Å². The van der Waals surface area contributed by atoms with Gasteiger partial charge >= 0.3 is 5.97 Å². The molecule has 1 aromatic carbocycles. The standard InChI is InChI=1S/C10H11NO4/c1-7-3-2-4-8(5-6-9(12)13)10(7)11(14)15/h2-4H,5-6H2,1H3,(H,12,13). The number of hydrogen-bond donors (Lipinski definition) is 1. The van der Waals surface area contributed by atoms with Gasteiger partial charge in [0.25, 0.3) is 5.69 Å². The molecule has 0 aromatic heterocycles. The van der Waals surface area contributed by atoms with E-state index in [-0.39, 0.29) is 18.5 Å². The fourth-order valence-corrected chi connectivity index (χ4v) is 1.42. The van der Waals surface area contributed by atoms with Crippen LogP contribution in [0.2, 0.25) is 0 Å². The number of rotatable bonds is 4. The average molecular weight is 209 g/mol. The maximum Gasteiger partial charge on any atom is 0.303 e. The van der Waals surface area contributed by atoms with Crippen molar-refractivity contribution in [2.24, 2.45) is 0 Å². The molecule has 0 aliphatic carbocycles. The average Bonchev–Trinajstić information content (AvgIpc) is 2.13. The van der Waals surface area contributed by atoms with Crippen LogP contribution >= 0.6 is 0 Å². The molecule has 0 atom stereocenters. The van der Waals surface area contributed by atoms with E-state index >= 15 is 0 Å². The van der Waals surface area contributed by atoms with Crippen LogP contribution in [0.25, 0.3) is 0 Å². The molecule has 0 saturated heterocycles. The van der Waals surface area contributed by atoms with Crippen molar-refractivity contribution in [3.05, 3.63) is 39.4 Å². The zero-order chi connectivity index (χ0) is 11.4. The molecule has 15 heavy (non-hydrogen) atoms. The number of carbonyl (C=O) groups is 1. The molecular formula is C10H11NO4. The van der Waals surface area contributed by atoms with Gasteiger partial charge in [-0.05, 0) is 13.3 Å². The largest absolute Gasteiger partial charge is 0.481 e. The van der Waals surface area contributed by atoms with Crippen LogP contribution in [-0.2, 0) is 11.2 Å². The van der Waals surface area contributed by atoms with E-state index in [9.17, 15) is 14.9 Å². The van der Waals surface area contributed by atoms with E-state index in [0.717, 1.165) is 0 Å². The molecule has 0 aliphatic heterocycles. The van der Waals surface area contributed by atoms with E-state index in [0.29, 0.717) is 11.1 Å². The molecule has 80 valence electrons. The molecule has 0 saturated carbocycles.